The molecular formula is C19H24N4O2. The molecule has 2 heterocycles. The van der Waals surface area contributed by atoms with Crippen molar-refractivity contribution in [3.8, 4) is 0 Å². The van der Waals surface area contributed by atoms with E-state index in [-0.39, 0.29) is 23.5 Å². The van der Waals surface area contributed by atoms with Crippen LogP contribution in [0.2, 0.25) is 0 Å². The van der Waals surface area contributed by atoms with E-state index in [1.165, 1.54) is 0 Å². The van der Waals surface area contributed by atoms with Crippen molar-refractivity contribution in [2.24, 2.45) is 11.3 Å². The first kappa shape index (κ1) is 16.3. The standard InChI is InChI=1S/C19H24N4O2/c24-16-10-14(11-16)17(12-15-4-1-2-7-20-15)22-18(25)19(5-6-19)13-23-9-3-8-21-23/h1-4,7-9,14,16-17,24H,5-6,10-13H2,(H,22,25)/t14?,16?,17-/m0/s1. The summed E-state index contributed by atoms with van der Waals surface area (Å²) in [5.74, 6) is 0.437. The first-order valence-electron chi connectivity index (χ1n) is 9.01. The van der Waals surface area contributed by atoms with Crippen LogP contribution in [0.3, 0.4) is 0 Å². The van der Waals surface area contributed by atoms with Crippen LogP contribution in [0.1, 0.15) is 31.4 Å². The van der Waals surface area contributed by atoms with Gasteiger partial charge in [-0.3, -0.25) is 14.5 Å². The molecule has 1 amide bonds. The Kier molecular flexibility index (Phi) is 4.29. The summed E-state index contributed by atoms with van der Waals surface area (Å²) >= 11 is 0. The highest BCUT2D eigenvalue weighted by Gasteiger charge is 2.51. The number of amides is 1. The van der Waals surface area contributed by atoms with Crippen LogP contribution in [0, 0.1) is 11.3 Å². The summed E-state index contributed by atoms with van der Waals surface area (Å²) in [5, 5.41) is 17.2. The van der Waals surface area contributed by atoms with Crippen molar-refractivity contribution >= 4 is 5.91 Å². The molecular weight excluding hydrogens is 316 g/mol. The highest BCUT2D eigenvalue weighted by atomic mass is 16.3. The molecule has 2 saturated carbocycles. The molecule has 0 aliphatic heterocycles. The average molecular weight is 340 g/mol. The van der Waals surface area contributed by atoms with E-state index in [1.54, 1.807) is 12.4 Å². The van der Waals surface area contributed by atoms with Crippen LogP contribution < -0.4 is 5.32 Å². The zero-order chi connectivity index (χ0) is 17.3. The van der Waals surface area contributed by atoms with Gasteiger partial charge in [-0.1, -0.05) is 6.07 Å². The lowest BCUT2D eigenvalue weighted by molar-refractivity contribution is -0.128. The highest BCUT2D eigenvalue weighted by Crippen LogP contribution is 2.47. The second-order valence-electron chi connectivity index (χ2n) is 7.47. The fourth-order valence-electron chi connectivity index (χ4n) is 3.67. The molecule has 2 fully saturated rings. The molecule has 2 N–H and O–H groups in total. The van der Waals surface area contributed by atoms with E-state index in [0.29, 0.717) is 18.9 Å². The number of hydrogen-bond acceptors (Lipinski definition) is 4. The number of rotatable bonds is 7. The Hall–Kier alpha value is -2.21. The van der Waals surface area contributed by atoms with Crippen molar-refractivity contribution < 1.29 is 9.90 Å². The van der Waals surface area contributed by atoms with Crippen LogP contribution in [0.4, 0.5) is 0 Å². The number of hydrogen-bond donors (Lipinski definition) is 2. The van der Waals surface area contributed by atoms with E-state index in [0.717, 1.165) is 31.4 Å². The molecule has 0 unspecified atom stereocenters. The Bertz CT molecular complexity index is 706. The van der Waals surface area contributed by atoms with Gasteiger partial charge in [0.1, 0.15) is 0 Å². The van der Waals surface area contributed by atoms with Gasteiger partial charge in [-0.15, -0.1) is 0 Å². The maximum atomic E-state index is 12.9. The Balaban J connectivity index is 1.43. The van der Waals surface area contributed by atoms with Gasteiger partial charge in [0.15, 0.2) is 0 Å². The molecule has 0 radical (unpaired) electrons. The van der Waals surface area contributed by atoms with Gasteiger partial charge in [-0.25, -0.2) is 0 Å². The van der Waals surface area contributed by atoms with Crippen molar-refractivity contribution in [1.82, 2.24) is 20.1 Å². The largest absolute Gasteiger partial charge is 0.393 e. The van der Waals surface area contributed by atoms with Crippen molar-refractivity contribution in [2.75, 3.05) is 0 Å². The fraction of sp³-hybridized carbons (Fsp3) is 0.526. The lowest BCUT2D eigenvalue weighted by Gasteiger charge is -2.38. The SMILES string of the molecule is O=C(N[C@@H](Cc1ccccn1)C1CC(O)C1)C1(Cn2cccn2)CC1. The average Bonchev–Trinajstić information content (AvgIpc) is 3.19. The van der Waals surface area contributed by atoms with Gasteiger partial charge in [0.25, 0.3) is 0 Å². The van der Waals surface area contributed by atoms with E-state index in [1.807, 2.05) is 35.1 Å². The quantitative estimate of drug-likeness (QED) is 0.801. The van der Waals surface area contributed by atoms with Gasteiger partial charge in [0, 0.05) is 36.7 Å². The summed E-state index contributed by atoms with van der Waals surface area (Å²) in [7, 11) is 0. The van der Waals surface area contributed by atoms with Gasteiger partial charge in [0.2, 0.25) is 5.91 Å². The third-order valence-corrected chi connectivity index (χ3v) is 5.55. The topological polar surface area (TPSA) is 80.0 Å². The highest BCUT2D eigenvalue weighted by molar-refractivity contribution is 5.85. The predicted molar refractivity (Wildman–Crippen MR) is 92.5 cm³/mol. The first-order chi connectivity index (χ1) is 12.1. The summed E-state index contributed by atoms with van der Waals surface area (Å²) in [6, 6.07) is 7.77. The van der Waals surface area contributed by atoms with Crippen molar-refractivity contribution in [3.63, 3.8) is 0 Å². The van der Waals surface area contributed by atoms with Gasteiger partial charge in [-0.2, -0.15) is 5.10 Å². The van der Waals surface area contributed by atoms with E-state index in [2.05, 4.69) is 15.4 Å². The summed E-state index contributed by atoms with van der Waals surface area (Å²) < 4.78 is 1.84. The summed E-state index contributed by atoms with van der Waals surface area (Å²) in [4.78, 5) is 17.3. The summed E-state index contributed by atoms with van der Waals surface area (Å²) in [5.41, 5.74) is 0.655. The van der Waals surface area contributed by atoms with Crippen LogP contribution in [-0.4, -0.2) is 37.9 Å². The lowest BCUT2D eigenvalue weighted by atomic mass is 9.75. The number of carbonyl (C=O) groups excluding carboxylic acids is 1. The van der Waals surface area contributed by atoms with Gasteiger partial charge < -0.3 is 10.4 Å². The minimum absolute atomic E-state index is 0.0286. The second-order valence-corrected chi connectivity index (χ2v) is 7.47. The van der Waals surface area contributed by atoms with Crippen molar-refractivity contribution in [1.29, 1.82) is 0 Å². The maximum absolute atomic E-state index is 12.9. The molecule has 0 bridgehead atoms. The normalized spacial score (nSPS) is 25.0. The molecule has 25 heavy (non-hydrogen) atoms. The van der Waals surface area contributed by atoms with E-state index >= 15 is 0 Å². The Morgan fingerprint density at radius 1 is 1.32 bits per heavy atom. The van der Waals surface area contributed by atoms with Crippen LogP contribution in [0.5, 0.6) is 0 Å². The number of nitrogens with one attached hydrogen (secondary N) is 1. The van der Waals surface area contributed by atoms with Crippen LogP contribution in [0.15, 0.2) is 42.9 Å². The van der Waals surface area contributed by atoms with E-state index in [4.69, 9.17) is 0 Å². The smallest absolute Gasteiger partial charge is 0.228 e. The third kappa shape index (κ3) is 3.58. The maximum Gasteiger partial charge on any atom is 0.228 e. The van der Waals surface area contributed by atoms with Crippen LogP contribution >= 0.6 is 0 Å². The molecule has 6 heteroatoms. The number of aliphatic hydroxyl groups excluding tert-OH is 1. The molecule has 0 spiro atoms. The Morgan fingerprint density at radius 2 is 2.16 bits per heavy atom. The lowest BCUT2D eigenvalue weighted by Crippen LogP contribution is -2.50. The summed E-state index contributed by atoms with van der Waals surface area (Å²) in [6.45, 7) is 0.634. The Morgan fingerprint density at radius 3 is 2.76 bits per heavy atom. The number of nitrogens with zero attached hydrogens (tertiary/aromatic N) is 3. The Labute approximate surface area is 147 Å². The zero-order valence-corrected chi connectivity index (χ0v) is 14.2. The molecule has 132 valence electrons. The molecule has 2 aromatic rings. The first-order valence-corrected chi connectivity index (χ1v) is 9.01. The van der Waals surface area contributed by atoms with E-state index in [9.17, 15) is 9.90 Å². The zero-order valence-electron chi connectivity index (χ0n) is 14.2. The van der Waals surface area contributed by atoms with Gasteiger partial charge in [0.05, 0.1) is 18.1 Å². The van der Waals surface area contributed by atoms with Gasteiger partial charge >= 0.3 is 0 Å². The van der Waals surface area contributed by atoms with Crippen molar-refractivity contribution in [3.05, 3.63) is 48.5 Å². The number of carbonyl (C=O) groups is 1. The van der Waals surface area contributed by atoms with Crippen LogP contribution in [0.25, 0.3) is 0 Å². The molecule has 2 aliphatic rings. The third-order valence-electron chi connectivity index (χ3n) is 5.55. The van der Waals surface area contributed by atoms with Crippen LogP contribution in [-0.2, 0) is 17.8 Å². The summed E-state index contributed by atoms with van der Waals surface area (Å²) in [6.07, 6.45) is 9.23. The predicted octanol–water partition coefficient (Wildman–Crippen LogP) is 1.56. The molecule has 0 saturated heterocycles. The molecule has 4 rings (SSSR count). The van der Waals surface area contributed by atoms with Crippen molar-refractivity contribution in [2.45, 2.75) is 50.8 Å². The van der Waals surface area contributed by atoms with E-state index < -0.39 is 0 Å². The minimum atomic E-state index is -0.323. The number of aliphatic hydroxyl groups is 1. The molecule has 0 aromatic carbocycles. The molecule has 6 nitrogen and oxygen atoms in total. The van der Waals surface area contributed by atoms with Gasteiger partial charge in [-0.05, 0) is 49.8 Å². The fourth-order valence-corrected chi connectivity index (χ4v) is 3.67. The number of aromatic nitrogens is 3. The monoisotopic (exact) mass is 340 g/mol. The molecule has 2 aromatic heterocycles. The number of pyridine rings is 1. The minimum Gasteiger partial charge on any atom is -0.393 e. The molecule has 2 aliphatic carbocycles. The second kappa shape index (κ2) is 6.59. The molecule has 1 atom stereocenters.